The third kappa shape index (κ3) is 3.08. The highest BCUT2D eigenvalue weighted by atomic mass is 35.5. The fraction of sp³-hybridized carbons (Fsp3) is 0.294. The van der Waals surface area contributed by atoms with Crippen molar-refractivity contribution in [1.29, 1.82) is 0 Å². The summed E-state index contributed by atoms with van der Waals surface area (Å²) < 4.78 is 16.6. The van der Waals surface area contributed by atoms with E-state index in [-0.39, 0.29) is 5.38 Å². The lowest BCUT2D eigenvalue weighted by molar-refractivity contribution is 0.171. The van der Waals surface area contributed by atoms with Gasteiger partial charge in [-0.1, -0.05) is 18.2 Å². The SMILES string of the molecule is CCOc1ccc(C(Cl)c2ccc3c(c2)OCCO3)cc1. The van der Waals surface area contributed by atoms with E-state index in [1.54, 1.807) is 0 Å². The molecule has 1 heterocycles. The maximum absolute atomic E-state index is 6.57. The van der Waals surface area contributed by atoms with Gasteiger partial charge in [0.2, 0.25) is 0 Å². The lowest BCUT2D eigenvalue weighted by atomic mass is 10.0. The number of fused-ring (bicyclic) bond motifs is 1. The van der Waals surface area contributed by atoms with Crippen molar-refractivity contribution < 1.29 is 14.2 Å². The van der Waals surface area contributed by atoms with Gasteiger partial charge in [0.05, 0.1) is 12.0 Å². The third-order valence-corrected chi connectivity index (χ3v) is 3.85. The fourth-order valence-electron chi connectivity index (χ4n) is 2.31. The zero-order valence-electron chi connectivity index (χ0n) is 11.8. The van der Waals surface area contributed by atoms with E-state index < -0.39 is 0 Å². The van der Waals surface area contributed by atoms with Crippen molar-refractivity contribution in [2.75, 3.05) is 19.8 Å². The maximum Gasteiger partial charge on any atom is 0.161 e. The molecule has 0 N–H and O–H groups in total. The normalized spacial score (nSPS) is 14.6. The molecule has 0 aromatic heterocycles. The van der Waals surface area contributed by atoms with Crippen molar-refractivity contribution >= 4 is 11.6 Å². The van der Waals surface area contributed by atoms with E-state index in [1.165, 1.54) is 0 Å². The zero-order valence-corrected chi connectivity index (χ0v) is 12.6. The van der Waals surface area contributed by atoms with Gasteiger partial charge in [0.1, 0.15) is 19.0 Å². The molecule has 0 amide bonds. The molecule has 0 bridgehead atoms. The Morgan fingerprint density at radius 3 is 2.38 bits per heavy atom. The summed E-state index contributed by atoms with van der Waals surface area (Å²) in [5.74, 6) is 2.39. The van der Waals surface area contributed by atoms with Crippen molar-refractivity contribution in [3.8, 4) is 17.2 Å². The van der Waals surface area contributed by atoms with Crippen LogP contribution in [0.25, 0.3) is 0 Å². The summed E-state index contributed by atoms with van der Waals surface area (Å²) in [6, 6.07) is 13.7. The fourth-order valence-corrected chi connectivity index (χ4v) is 2.59. The Balaban J connectivity index is 1.82. The van der Waals surface area contributed by atoms with Crippen LogP contribution in [0.1, 0.15) is 23.4 Å². The smallest absolute Gasteiger partial charge is 0.161 e. The summed E-state index contributed by atoms with van der Waals surface area (Å²) in [6.07, 6.45) is 0. The van der Waals surface area contributed by atoms with E-state index in [9.17, 15) is 0 Å². The lowest BCUT2D eigenvalue weighted by Gasteiger charge is -2.20. The second-order valence-corrected chi connectivity index (χ2v) is 5.20. The minimum Gasteiger partial charge on any atom is -0.494 e. The summed E-state index contributed by atoms with van der Waals surface area (Å²) in [7, 11) is 0. The molecule has 1 aliphatic heterocycles. The Morgan fingerprint density at radius 2 is 1.67 bits per heavy atom. The highest BCUT2D eigenvalue weighted by Gasteiger charge is 2.16. The van der Waals surface area contributed by atoms with Gasteiger partial charge in [0.25, 0.3) is 0 Å². The van der Waals surface area contributed by atoms with Crippen LogP contribution in [0.15, 0.2) is 42.5 Å². The minimum absolute atomic E-state index is 0.225. The van der Waals surface area contributed by atoms with Crippen molar-refractivity contribution in [3.05, 3.63) is 53.6 Å². The van der Waals surface area contributed by atoms with Gasteiger partial charge in [-0.25, -0.2) is 0 Å². The first-order valence-corrected chi connectivity index (χ1v) is 7.48. The van der Waals surface area contributed by atoms with E-state index in [0.29, 0.717) is 19.8 Å². The molecule has 2 aromatic rings. The van der Waals surface area contributed by atoms with Gasteiger partial charge < -0.3 is 14.2 Å². The van der Waals surface area contributed by atoms with Crippen molar-refractivity contribution in [3.63, 3.8) is 0 Å². The van der Waals surface area contributed by atoms with Crippen LogP contribution in [0.3, 0.4) is 0 Å². The van der Waals surface area contributed by atoms with Crippen LogP contribution in [0.5, 0.6) is 17.2 Å². The minimum atomic E-state index is -0.225. The van der Waals surface area contributed by atoms with Crippen LogP contribution >= 0.6 is 11.6 Å². The molecular formula is C17H17ClO3. The Kier molecular flexibility index (Phi) is 4.20. The van der Waals surface area contributed by atoms with Crippen molar-refractivity contribution in [1.82, 2.24) is 0 Å². The van der Waals surface area contributed by atoms with Crippen molar-refractivity contribution in [2.24, 2.45) is 0 Å². The van der Waals surface area contributed by atoms with E-state index >= 15 is 0 Å². The Morgan fingerprint density at radius 1 is 1.00 bits per heavy atom. The largest absolute Gasteiger partial charge is 0.494 e. The molecule has 1 aliphatic rings. The Bertz CT molecular complexity index is 610. The maximum atomic E-state index is 6.57. The van der Waals surface area contributed by atoms with Crippen LogP contribution in [0, 0.1) is 0 Å². The predicted molar refractivity (Wildman–Crippen MR) is 82.7 cm³/mol. The molecule has 21 heavy (non-hydrogen) atoms. The molecule has 110 valence electrons. The molecule has 0 spiro atoms. The first kappa shape index (κ1) is 14.1. The monoisotopic (exact) mass is 304 g/mol. The standard InChI is InChI=1S/C17H17ClO3/c1-2-19-14-6-3-12(4-7-14)17(18)13-5-8-15-16(11-13)21-10-9-20-15/h3-8,11,17H,2,9-10H2,1H3. The van der Waals surface area contributed by atoms with Gasteiger partial charge in [0, 0.05) is 0 Å². The second kappa shape index (κ2) is 6.27. The van der Waals surface area contributed by atoms with Crippen LogP contribution in [0.4, 0.5) is 0 Å². The molecular weight excluding hydrogens is 288 g/mol. The predicted octanol–water partition coefficient (Wildman–Crippen LogP) is 4.18. The highest BCUT2D eigenvalue weighted by molar-refractivity contribution is 6.22. The van der Waals surface area contributed by atoms with E-state index in [0.717, 1.165) is 28.4 Å². The molecule has 3 rings (SSSR count). The zero-order chi connectivity index (χ0) is 14.7. The Labute approximate surface area is 129 Å². The van der Waals surface area contributed by atoms with Gasteiger partial charge in [-0.2, -0.15) is 0 Å². The number of ether oxygens (including phenoxy) is 3. The summed E-state index contributed by atoms with van der Waals surface area (Å²) in [4.78, 5) is 0. The summed E-state index contributed by atoms with van der Waals surface area (Å²) in [6.45, 7) is 3.79. The van der Waals surface area contributed by atoms with E-state index in [2.05, 4.69) is 0 Å². The lowest BCUT2D eigenvalue weighted by Crippen LogP contribution is -2.15. The number of benzene rings is 2. The second-order valence-electron chi connectivity index (χ2n) is 4.77. The first-order chi connectivity index (χ1) is 10.3. The Hall–Kier alpha value is -1.87. The molecule has 4 heteroatoms. The van der Waals surface area contributed by atoms with E-state index in [1.807, 2.05) is 49.4 Å². The average Bonchev–Trinajstić information content (AvgIpc) is 2.55. The molecule has 0 radical (unpaired) electrons. The van der Waals surface area contributed by atoms with Crippen LogP contribution in [-0.2, 0) is 0 Å². The third-order valence-electron chi connectivity index (χ3n) is 3.34. The molecule has 0 aliphatic carbocycles. The molecule has 0 saturated carbocycles. The number of rotatable bonds is 4. The quantitative estimate of drug-likeness (QED) is 0.793. The molecule has 0 fully saturated rings. The molecule has 2 aromatic carbocycles. The van der Waals surface area contributed by atoms with Gasteiger partial charge in [-0.15, -0.1) is 11.6 Å². The number of alkyl halides is 1. The van der Waals surface area contributed by atoms with Crippen LogP contribution in [0.2, 0.25) is 0 Å². The molecule has 0 saturated heterocycles. The van der Waals surface area contributed by atoms with Gasteiger partial charge in [0.15, 0.2) is 11.5 Å². The van der Waals surface area contributed by atoms with Crippen molar-refractivity contribution in [2.45, 2.75) is 12.3 Å². The van der Waals surface area contributed by atoms with Gasteiger partial charge in [-0.3, -0.25) is 0 Å². The summed E-state index contributed by atoms with van der Waals surface area (Å²) in [5.41, 5.74) is 2.02. The van der Waals surface area contributed by atoms with E-state index in [4.69, 9.17) is 25.8 Å². The van der Waals surface area contributed by atoms with Crippen LogP contribution < -0.4 is 14.2 Å². The summed E-state index contributed by atoms with van der Waals surface area (Å²) in [5, 5.41) is -0.225. The highest BCUT2D eigenvalue weighted by Crippen LogP contribution is 2.37. The van der Waals surface area contributed by atoms with Gasteiger partial charge in [-0.05, 0) is 42.3 Å². The number of hydrogen-bond acceptors (Lipinski definition) is 3. The van der Waals surface area contributed by atoms with Gasteiger partial charge >= 0.3 is 0 Å². The number of halogens is 1. The number of hydrogen-bond donors (Lipinski definition) is 0. The molecule has 1 unspecified atom stereocenters. The van der Waals surface area contributed by atoms with Crippen LogP contribution in [-0.4, -0.2) is 19.8 Å². The topological polar surface area (TPSA) is 27.7 Å². The average molecular weight is 305 g/mol. The summed E-state index contributed by atoms with van der Waals surface area (Å²) >= 11 is 6.57. The molecule has 1 atom stereocenters. The first-order valence-electron chi connectivity index (χ1n) is 7.04. The molecule has 3 nitrogen and oxygen atoms in total.